The van der Waals surface area contributed by atoms with Gasteiger partial charge in [-0.15, -0.1) is 0 Å². The Morgan fingerprint density at radius 1 is 1.56 bits per heavy atom. The summed E-state index contributed by atoms with van der Waals surface area (Å²) in [6, 6.07) is 2.01. The van der Waals surface area contributed by atoms with Gasteiger partial charge in [-0.05, 0) is 18.6 Å². The van der Waals surface area contributed by atoms with E-state index in [-0.39, 0.29) is 5.15 Å². The first kappa shape index (κ1) is 14.4. The molecule has 0 fully saturated rings. The number of hydrogen-bond acceptors (Lipinski definition) is 3. The van der Waals surface area contributed by atoms with E-state index in [0.29, 0.717) is 12.0 Å². The van der Waals surface area contributed by atoms with Crippen molar-refractivity contribution in [2.24, 2.45) is 0 Å². The number of halogens is 1. The topological polar surface area (TPSA) is 79.3 Å². The molecule has 1 heterocycles. The maximum atomic E-state index is 11.8. The molecular weight excluding hydrogens is 256 g/mol. The second kappa shape index (κ2) is 6.96. The molecule has 0 aromatic carbocycles. The fourth-order valence-electron chi connectivity index (χ4n) is 1.45. The minimum atomic E-state index is -1.03. The van der Waals surface area contributed by atoms with Crippen molar-refractivity contribution in [1.82, 2.24) is 10.3 Å². The fraction of sp³-hybridized carbons (Fsp3) is 0.417. The highest BCUT2D eigenvalue weighted by atomic mass is 35.5. The average Bonchev–Trinajstić information content (AvgIpc) is 2.33. The Hall–Kier alpha value is -1.62. The molecule has 1 rings (SSSR count). The fourth-order valence-corrected chi connectivity index (χ4v) is 1.62. The van der Waals surface area contributed by atoms with Gasteiger partial charge in [-0.25, -0.2) is 9.78 Å². The second-order valence-electron chi connectivity index (χ2n) is 3.87. The summed E-state index contributed by atoms with van der Waals surface area (Å²) in [5, 5.41) is 11.7. The third kappa shape index (κ3) is 4.33. The summed E-state index contributed by atoms with van der Waals surface area (Å²) in [6.07, 6.45) is 3.44. The SMILES string of the molecule is CCCCC(NC(=O)c1ccnc(Cl)c1)C(=O)O. The first-order valence-electron chi connectivity index (χ1n) is 5.69. The molecule has 1 unspecified atom stereocenters. The van der Waals surface area contributed by atoms with Gasteiger partial charge in [0, 0.05) is 11.8 Å². The Balaban J connectivity index is 2.69. The molecule has 2 N–H and O–H groups in total. The van der Waals surface area contributed by atoms with E-state index in [0.717, 1.165) is 12.8 Å². The van der Waals surface area contributed by atoms with Crippen molar-refractivity contribution in [2.75, 3.05) is 0 Å². The van der Waals surface area contributed by atoms with E-state index in [1.807, 2.05) is 6.92 Å². The molecule has 1 aromatic heterocycles. The van der Waals surface area contributed by atoms with Crippen molar-refractivity contribution >= 4 is 23.5 Å². The van der Waals surface area contributed by atoms with Gasteiger partial charge in [0.25, 0.3) is 5.91 Å². The first-order chi connectivity index (χ1) is 8.54. The molecule has 5 nitrogen and oxygen atoms in total. The zero-order valence-corrected chi connectivity index (χ0v) is 10.8. The number of carbonyl (C=O) groups excluding carboxylic acids is 1. The van der Waals surface area contributed by atoms with E-state index in [1.54, 1.807) is 0 Å². The van der Waals surface area contributed by atoms with Gasteiger partial charge in [0.15, 0.2) is 0 Å². The van der Waals surface area contributed by atoms with Crippen molar-refractivity contribution < 1.29 is 14.7 Å². The summed E-state index contributed by atoms with van der Waals surface area (Å²) >= 11 is 5.66. The van der Waals surface area contributed by atoms with Gasteiger partial charge in [0.05, 0.1) is 0 Å². The van der Waals surface area contributed by atoms with E-state index in [4.69, 9.17) is 16.7 Å². The van der Waals surface area contributed by atoms with Gasteiger partial charge in [-0.1, -0.05) is 31.4 Å². The van der Waals surface area contributed by atoms with Gasteiger partial charge in [-0.2, -0.15) is 0 Å². The Morgan fingerprint density at radius 2 is 2.28 bits per heavy atom. The second-order valence-corrected chi connectivity index (χ2v) is 4.26. The highest BCUT2D eigenvalue weighted by molar-refractivity contribution is 6.29. The molecule has 1 atom stereocenters. The zero-order chi connectivity index (χ0) is 13.5. The Kier molecular flexibility index (Phi) is 5.58. The van der Waals surface area contributed by atoms with E-state index in [2.05, 4.69) is 10.3 Å². The molecule has 98 valence electrons. The van der Waals surface area contributed by atoms with Gasteiger partial charge in [-0.3, -0.25) is 4.79 Å². The molecule has 6 heteroatoms. The number of pyridine rings is 1. The highest BCUT2D eigenvalue weighted by Crippen LogP contribution is 2.08. The van der Waals surface area contributed by atoms with Crippen LogP contribution in [-0.2, 0) is 4.79 Å². The molecule has 0 saturated heterocycles. The largest absolute Gasteiger partial charge is 0.480 e. The van der Waals surface area contributed by atoms with Crippen LogP contribution in [0.3, 0.4) is 0 Å². The molecule has 0 spiro atoms. The summed E-state index contributed by atoms with van der Waals surface area (Å²) in [4.78, 5) is 26.6. The van der Waals surface area contributed by atoms with Crippen molar-refractivity contribution in [3.05, 3.63) is 29.0 Å². The normalized spacial score (nSPS) is 11.9. The quantitative estimate of drug-likeness (QED) is 0.776. The molecule has 0 aliphatic rings. The molecule has 0 aliphatic carbocycles. The monoisotopic (exact) mass is 270 g/mol. The number of carboxylic acid groups (broad SMARTS) is 1. The smallest absolute Gasteiger partial charge is 0.326 e. The summed E-state index contributed by atoms with van der Waals surface area (Å²) in [7, 11) is 0. The lowest BCUT2D eigenvalue weighted by atomic mass is 10.1. The molecule has 1 amide bonds. The molecule has 0 saturated carbocycles. The minimum absolute atomic E-state index is 0.197. The number of carboxylic acids is 1. The van der Waals surface area contributed by atoms with Gasteiger partial charge in [0.2, 0.25) is 0 Å². The van der Waals surface area contributed by atoms with Crippen molar-refractivity contribution in [1.29, 1.82) is 0 Å². The van der Waals surface area contributed by atoms with E-state index < -0.39 is 17.9 Å². The van der Waals surface area contributed by atoms with Crippen LogP contribution in [0.1, 0.15) is 36.5 Å². The highest BCUT2D eigenvalue weighted by Gasteiger charge is 2.20. The first-order valence-corrected chi connectivity index (χ1v) is 6.07. The number of unbranched alkanes of at least 4 members (excludes halogenated alkanes) is 1. The number of aromatic nitrogens is 1. The summed E-state index contributed by atoms with van der Waals surface area (Å²) in [5.74, 6) is -1.49. The van der Waals surface area contributed by atoms with Crippen molar-refractivity contribution in [3.8, 4) is 0 Å². The Labute approximate surface area is 110 Å². The average molecular weight is 271 g/mol. The number of hydrogen-bond donors (Lipinski definition) is 2. The van der Waals surface area contributed by atoms with Crippen LogP contribution >= 0.6 is 11.6 Å². The lowest BCUT2D eigenvalue weighted by molar-refractivity contribution is -0.139. The lowest BCUT2D eigenvalue weighted by Gasteiger charge is -2.14. The van der Waals surface area contributed by atoms with E-state index >= 15 is 0 Å². The van der Waals surface area contributed by atoms with Gasteiger partial charge in [0.1, 0.15) is 11.2 Å². The predicted molar refractivity (Wildman–Crippen MR) is 67.7 cm³/mol. The van der Waals surface area contributed by atoms with E-state index in [1.165, 1.54) is 18.3 Å². The summed E-state index contributed by atoms with van der Waals surface area (Å²) in [6.45, 7) is 1.96. The third-order valence-corrected chi connectivity index (χ3v) is 2.65. The Morgan fingerprint density at radius 3 is 2.83 bits per heavy atom. The maximum Gasteiger partial charge on any atom is 0.326 e. The number of amides is 1. The maximum absolute atomic E-state index is 11.8. The molecule has 0 bridgehead atoms. The van der Waals surface area contributed by atoms with Crippen LogP contribution in [-0.4, -0.2) is 28.0 Å². The van der Waals surface area contributed by atoms with Crippen LogP contribution in [0.4, 0.5) is 0 Å². The van der Waals surface area contributed by atoms with Crippen molar-refractivity contribution in [2.45, 2.75) is 32.2 Å². The number of aliphatic carboxylic acids is 1. The van der Waals surface area contributed by atoms with Gasteiger partial charge < -0.3 is 10.4 Å². The summed E-state index contributed by atoms with van der Waals surface area (Å²) in [5.41, 5.74) is 0.303. The third-order valence-electron chi connectivity index (χ3n) is 2.44. The summed E-state index contributed by atoms with van der Waals surface area (Å²) < 4.78 is 0. The lowest BCUT2D eigenvalue weighted by Crippen LogP contribution is -2.40. The number of nitrogens with one attached hydrogen (secondary N) is 1. The number of rotatable bonds is 6. The van der Waals surface area contributed by atoms with Gasteiger partial charge >= 0.3 is 5.97 Å². The zero-order valence-electron chi connectivity index (χ0n) is 10.0. The van der Waals surface area contributed by atoms with Crippen molar-refractivity contribution in [3.63, 3.8) is 0 Å². The molecule has 0 radical (unpaired) electrons. The molecule has 18 heavy (non-hydrogen) atoms. The Bertz CT molecular complexity index is 437. The van der Waals surface area contributed by atoms with Crippen LogP contribution in [0, 0.1) is 0 Å². The standard InChI is InChI=1S/C12H15ClN2O3/c1-2-3-4-9(12(17)18)15-11(16)8-5-6-14-10(13)7-8/h5-7,9H,2-4H2,1H3,(H,15,16)(H,17,18). The molecule has 0 aliphatic heterocycles. The molecular formula is C12H15ClN2O3. The van der Waals surface area contributed by atoms with Crippen LogP contribution in [0.5, 0.6) is 0 Å². The van der Waals surface area contributed by atoms with Crippen LogP contribution in [0.2, 0.25) is 5.15 Å². The van der Waals surface area contributed by atoms with Crippen LogP contribution in [0.25, 0.3) is 0 Å². The predicted octanol–water partition coefficient (Wildman–Crippen LogP) is 2.11. The molecule has 1 aromatic rings. The minimum Gasteiger partial charge on any atom is -0.480 e. The van der Waals surface area contributed by atoms with Crippen LogP contribution in [0.15, 0.2) is 18.3 Å². The van der Waals surface area contributed by atoms with E-state index in [9.17, 15) is 9.59 Å². The number of nitrogens with zero attached hydrogens (tertiary/aromatic N) is 1. The van der Waals surface area contributed by atoms with Crippen LogP contribution < -0.4 is 5.32 Å². The number of carbonyl (C=O) groups is 2.